The smallest absolute Gasteiger partial charge is 0.178 e. The van der Waals surface area contributed by atoms with Gasteiger partial charge >= 0.3 is 0 Å². The molecule has 1 N–H and O–H groups in total. The van der Waals surface area contributed by atoms with E-state index in [9.17, 15) is 9.90 Å². The number of allylic oxidation sites excluding steroid dienone is 4. The van der Waals surface area contributed by atoms with Crippen molar-refractivity contribution < 1.29 is 14.6 Å². The maximum Gasteiger partial charge on any atom is 0.178 e. The average Bonchev–Trinajstić information content (AvgIpc) is 2.96. The molecule has 0 saturated heterocycles. The van der Waals surface area contributed by atoms with Gasteiger partial charge in [-0.2, -0.15) is 0 Å². The van der Waals surface area contributed by atoms with Gasteiger partial charge in [0.05, 0.1) is 0 Å². The van der Waals surface area contributed by atoms with Crippen molar-refractivity contribution in [3.8, 4) is 5.75 Å². The number of fused-ring (bicyclic) bond motifs is 5. The lowest BCUT2D eigenvalue weighted by Crippen LogP contribution is -2.56. The van der Waals surface area contributed by atoms with E-state index in [1.165, 1.54) is 5.57 Å². The summed E-state index contributed by atoms with van der Waals surface area (Å²) in [5.41, 5.74) is -0.0263. The Kier molecular flexibility index (Phi) is 4.64. The third kappa shape index (κ3) is 2.78. The lowest BCUT2D eigenvalue weighted by molar-refractivity contribution is -0.126. The molecule has 4 aliphatic rings. The number of hydrogen-bond acceptors (Lipinski definition) is 3. The SMILES string of the molecule is C=C(Oc1ccccc1)[C@@]1(O)C(C)C[C@H]2[C@@H]3CCC4=CC(=O)C=C[C@]4(C)[C@H]3CC[C@@]21C. The molecule has 0 heterocycles. The quantitative estimate of drug-likeness (QED) is 0.625. The second kappa shape index (κ2) is 6.93. The van der Waals surface area contributed by atoms with Gasteiger partial charge in [0.25, 0.3) is 0 Å². The fourth-order valence-corrected chi connectivity index (χ4v) is 7.84. The van der Waals surface area contributed by atoms with E-state index in [0.717, 1.165) is 37.9 Å². The van der Waals surface area contributed by atoms with Crippen LogP contribution in [-0.4, -0.2) is 16.5 Å². The van der Waals surface area contributed by atoms with Gasteiger partial charge in [0.2, 0.25) is 0 Å². The molecule has 4 aliphatic carbocycles. The summed E-state index contributed by atoms with van der Waals surface area (Å²) in [6.45, 7) is 11.0. The fraction of sp³-hybridized carbons (Fsp3) is 0.536. The third-order valence-electron chi connectivity index (χ3n) is 9.55. The molecule has 0 spiro atoms. The highest BCUT2D eigenvalue weighted by Crippen LogP contribution is 2.69. The summed E-state index contributed by atoms with van der Waals surface area (Å²) < 4.78 is 6.14. The minimum Gasteiger partial charge on any atom is -0.459 e. The lowest BCUT2D eigenvalue weighted by atomic mass is 9.47. The number of aliphatic hydroxyl groups is 1. The van der Waals surface area contributed by atoms with Crippen molar-refractivity contribution in [2.24, 2.45) is 34.5 Å². The molecule has 0 amide bonds. The van der Waals surface area contributed by atoms with Crippen LogP contribution in [0.2, 0.25) is 0 Å². The minimum atomic E-state index is -1.05. The highest BCUT2D eigenvalue weighted by molar-refractivity contribution is 6.01. The monoisotopic (exact) mass is 418 g/mol. The van der Waals surface area contributed by atoms with Crippen LogP contribution in [-0.2, 0) is 4.79 Å². The van der Waals surface area contributed by atoms with Crippen molar-refractivity contribution in [1.29, 1.82) is 0 Å². The van der Waals surface area contributed by atoms with Crippen molar-refractivity contribution in [1.82, 2.24) is 0 Å². The van der Waals surface area contributed by atoms with E-state index >= 15 is 0 Å². The molecule has 1 aromatic rings. The van der Waals surface area contributed by atoms with Gasteiger partial charge in [0.1, 0.15) is 17.1 Å². The van der Waals surface area contributed by atoms with Crippen LogP contribution in [0, 0.1) is 34.5 Å². The first-order chi connectivity index (χ1) is 14.7. The molecular weight excluding hydrogens is 384 g/mol. The van der Waals surface area contributed by atoms with Crippen molar-refractivity contribution >= 4 is 5.78 Å². The number of benzene rings is 1. The molecule has 3 saturated carbocycles. The van der Waals surface area contributed by atoms with E-state index in [4.69, 9.17) is 4.74 Å². The van der Waals surface area contributed by atoms with E-state index < -0.39 is 5.60 Å². The second-order valence-electron chi connectivity index (χ2n) is 10.8. The number of ketones is 1. The first-order valence-corrected chi connectivity index (χ1v) is 11.8. The highest BCUT2D eigenvalue weighted by atomic mass is 16.5. The molecule has 0 aliphatic heterocycles. The molecule has 0 radical (unpaired) electrons. The fourth-order valence-electron chi connectivity index (χ4n) is 7.84. The standard InChI is InChI=1S/C28H34O3/c1-18-16-25-23-11-10-20-17-21(29)12-14-26(20,3)24(23)13-15-27(25,4)28(18,30)19(2)31-22-8-6-5-7-9-22/h5-9,12,14,17-18,23-25,30H,2,10-11,13,15-16H2,1,3-4H3/t18?,23-,24+,25+,26+,27+,28+/m1/s1. The van der Waals surface area contributed by atoms with Gasteiger partial charge in [0.15, 0.2) is 5.78 Å². The van der Waals surface area contributed by atoms with Crippen LogP contribution in [0.15, 0.2) is 66.5 Å². The summed E-state index contributed by atoms with van der Waals surface area (Å²) >= 11 is 0. The number of ether oxygens (including phenoxy) is 1. The summed E-state index contributed by atoms with van der Waals surface area (Å²) in [5.74, 6) is 2.92. The van der Waals surface area contributed by atoms with Gasteiger partial charge in [-0.05, 0) is 80.1 Å². The van der Waals surface area contributed by atoms with Gasteiger partial charge in [-0.1, -0.05) is 57.2 Å². The van der Waals surface area contributed by atoms with Crippen molar-refractivity contribution in [2.45, 2.75) is 58.5 Å². The molecule has 3 heteroatoms. The van der Waals surface area contributed by atoms with E-state index in [0.29, 0.717) is 23.5 Å². The summed E-state index contributed by atoms with van der Waals surface area (Å²) in [5, 5.41) is 12.2. The molecule has 0 aromatic heterocycles. The Morgan fingerprint density at radius 3 is 2.65 bits per heavy atom. The Hall–Kier alpha value is -2.13. The first kappa shape index (κ1) is 20.8. The number of carbonyl (C=O) groups excluding carboxylic acids is 1. The molecule has 3 fully saturated rings. The topological polar surface area (TPSA) is 46.5 Å². The number of rotatable bonds is 3. The zero-order chi connectivity index (χ0) is 22.0. The highest BCUT2D eigenvalue weighted by Gasteiger charge is 2.67. The summed E-state index contributed by atoms with van der Waals surface area (Å²) in [7, 11) is 0. The van der Waals surface area contributed by atoms with Crippen LogP contribution in [0.3, 0.4) is 0 Å². The second-order valence-corrected chi connectivity index (χ2v) is 10.8. The molecule has 1 unspecified atom stereocenters. The molecule has 1 aromatic carbocycles. The number of hydrogen-bond donors (Lipinski definition) is 1. The first-order valence-electron chi connectivity index (χ1n) is 11.8. The largest absolute Gasteiger partial charge is 0.459 e. The maximum absolute atomic E-state index is 12.2. The van der Waals surface area contributed by atoms with Crippen LogP contribution in [0.5, 0.6) is 5.75 Å². The van der Waals surface area contributed by atoms with Gasteiger partial charge in [0, 0.05) is 10.8 Å². The van der Waals surface area contributed by atoms with Crippen molar-refractivity contribution in [2.75, 3.05) is 0 Å². The summed E-state index contributed by atoms with van der Waals surface area (Å²) in [4.78, 5) is 12.0. The lowest BCUT2D eigenvalue weighted by Gasteiger charge is -2.58. The van der Waals surface area contributed by atoms with Gasteiger partial charge in [-0.25, -0.2) is 0 Å². The summed E-state index contributed by atoms with van der Waals surface area (Å²) in [6, 6.07) is 9.67. The number of para-hydroxylation sites is 1. The van der Waals surface area contributed by atoms with Crippen molar-refractivity contribution in [3.05, 3.63) is 66.5 Å². The third-order valence-corrected chi connectivity index (χ3v) is 9.55. The van der Waals surface area contributed by atoms with E-state index in [2.05, 4.69) is 33.4 Å². The zero-order valence-electron chi connectivity index (χ0n) is 18.9. The van der Waals surface area contributed by atoms with Crippen molar-refractivity contribution in [3.63, 3.8) is 0 Å². The molecule has 0 bridgehead atoms. The average molecular weight is 419 g/mol. The minimum absolute atomic E-state index is 0.0281. The van der Waals surface area contributed by atoms with Gasteiger partial charge in [-0.15, -0.1) is 0 Å². The van der Waals surface area contributed by atoms with E-state index in [-0.39, 0.29) is 22.5 Å². The molecular formula is C28H34O3. The maximum atomic E-state index is 12.2. The zero-order valence-corrected chi connectivity index (χ0v) is 18.9. The van der Waals surface area contributed by atoms with Crippen LogP contribution in [0.25, 0.3) is 0 Å². The number of carbonyl (C=O) groups is 1. The Bertz CT molecular complexity index is 975. The predicted molar refractivity (Wildman–Crippen MR) is 122 cm³/mol. The molecule has 5 rings (SSSR count). The Morgan fingerprint density at radius 2 is 1.90 bits per heavy atom. The Labute approximate surface area is 185 Å². The van der Waals surface area contributed by atoms with Crippen LogP contribution in [0.4, 0.5) is 0 Å². The van der Waals surface area contributed by atoms with Gasteiger partial charge < -0.3 is 9.84 Å². The molecule has 31 heavy (non-hydrogen) atoms. The normalized spacial score (nSPS) is 43.5. The predicted octanol–water partition coefficient (Wildman–Crippen LogP) is 5.86. The van der Waals surface area contributed by atoms with Crippen LogP contribution in [0.1, 0.15) is 52.9 Å². The Morgan fingerprint density at radius 1 is 1.16 bits per heavy atom. The van der Waals surface area contributed by atoms with E-state index in [1.807, 2.05) is 36.4 Å². The Balaban J connectivity index is 1.46. The van der Waals surface area contributed by atoms with Crippen LogP contribution < -0.4 is 4.74 Å². The molecule has 164 valence electrons. The summed E-state index contributed by atoms with van der Waals surface area (Å²) in [6.07, 6.45) is 10.9. The molecule has 7 atom stereocenters. The van der Waals surface area contributed by atoms with E-state index in [1.54, 1.807) is 6.08 Å². The molecule has 3 nitrogen and oxygen atoms in total. The van der Waals surface area contributed by atoms with Gasteiger partial charge in [-0.3, -0.25) is 4.79 Å². The van der Waals surface area contributed by atoms with Crippen LogP contribution >= 0.6 is 0 Å².